The van der Waals surface area contributed by atoms with Crippen molar-refractivity contribution >= 4 is 5.82 Å². The van der Waals surface area contributed by atoms with Crippen molar-refractivity contribution in [1.29, 1.82) is 0 Å². The molecule has 0 atom stereocenters. The van der Waals surface area contributed by atoms with Crippen molar-refractivity contribution in [2.45, 2.75) is 19.9 Å². The fourth-order valence-corrected chi connectivity index (χ4v) is 2.37. The van der Waals surface area contributed by atoms with Gasteiger partial charge < -0.3 is 10.2 Å². The lowest BCUT2D eigenvalue weighted by molar-refractivity contribution is 0.156. The van der Waals surface area contributed by atoms with Crippen molar-refractivity contribution in [2.75, 3.05) is 25.5 Å². The molecule has 2 rings (SSSR count). The molecule has 0 radical (unpaired) electrons. The Bertz CT molecular complexity index is 581. The van der Waals surface area contributed by atoms with Crippen LogP contribution in [-0.4, -0.2) is 36.8 Å². The van der Waals surface area contributed by atoms with Gasteiger partial charge in [0.1, 0.15) is 5.82 Å². The van der Waals surface area contributed by atoms with Crippen LogP contribution in [0.3, 0.4) is 0 Å². The molecule has 0 bridgehead atoms. The van der Waals surface area contributed by atoms with Crippen LogP contribution in [-0.2, 0) is 6.54 Å². The first-order valence-electron chi connectivity index (χ1n) is 6.82. The van der Waals surface area contributed by atoms with Crippen LogP contribution in [0.4, 0.5) is 14.6 Å². The number of para-hydroxylation sites is 1. The SMILES string of the molecule is CNCc1c(C)nn(-c2ccccc2)c1N(C)CC(F)F. The van der Waals surface area contributed by atoms with Crippen molar-refractivity contribution in [3.63, 3.8) is 0 Å². The Morgan fingerprint density at radius 2 is 1.95 bits per heavy atom. The number of hydrogen-bond acceptors (Lipinski definition) is 3. The molecule has 1 aromatic heterocycles. The zero-order valence-electron chi connectivity index (χ0n) is 12.5. The molecular formula is C15H20F2N4. The van der Waals surface area contributed by atoms with Gasteiger partial charge in [0.25, 0.3) is 6.43 Å². The number of nitrogens with zero attached hydrogens (tertiary/aromatic N) is 3. The number of hydrogen-bond donors (Lipinski definition) is 1. The molecule has 114 valence electrons. The summed E-state index contributed by atoms with van der Waals surface area (Å²) in [5, 5.41) is 7.59. The van der Waals surface area contributed by atoms with Crippen LogP contribution in [0.15, 0.2) is 30.3 Å². The molecule has 0 fully saturated rings. The summed E-state index contributed by atoms with van der Waals surface area (Å²) >= 11 is 0. The van der Waals surface area contributed by atoms with Crippen LogP contribution in [0.1, 0.15) is 11.3 Å². The number of alkyl halides is 2. The number of aryl methyl sites for hydroxylation is 1. The highest BCUT2D eigenvalue weighted by molar-refractivity contribution is 5.55. The molecule has 0 spiro atoms. The van der Waals surface area contributed by atoms with Crippen LogP contribution in [0, 0.1) is 6.92 Å². The van der Waals surface area contributed by atoms with E-state index in [-0.39, 0.29) is 6.54 Å². The molecule has 2 aromatic rings. The Hall–Kier alpha value is -1.95. The first-order chi connectivity index (χ1) is 10.0. The lowest BCUT2D eigenvalue weighted by Gasteiger charge is -2.22. The number of benzene rings is 1. The van der Waals surface area contributed by atoms with E-state index in [2.05, 4.69) is 10.4 Å². The van der Waals surface area contributed by atoms with Crippen LogP contribution >= 0.6 is 0 Å². The number of nitrogens with one attached hydrogen (secondary N) is 1. The van der Waals surface area contributed by atoms with E-state index in [1.165, 1.54) is 0 Å². The first kappa shape index (κ1) is 15.4. The van der Waals surface area contributed by atoms with Crippen molar-refractivity contribution in [1.82, 2.24) is 15.1 Å². The maximum atomic E-state index is 12.7. The average Bonchev–Trinajstić information content (AvgIpc) is 2.77. The standard InChI is InChI=1S/C15H20F2N4/c1-11-13(9-18-2)15(20(3)10-14(16)17)21(19-11)12-7-5-4-6-8-12/h4-8,14,18H,9-10H2,1-3H3. The lowest BCUT2D eigenvalue weighted by Crippen LogP contribution is -2.27. The summed E-state index contributed by atoms with van der Waals surface area (Å²) in [6, 6.07) is 9.55. The fraction of sp³-hybridized carbons (Fsp3) is 0.400. The molecule has 0 saturated carbocycles. The zero-order chi connectivity index (χ0) is 15.4. The Balaban J connectivity index is 2.52. The number of anilines is 1. The number of aromatic nitrogens is 2. The minimum absolute atomic E-state index is 0.325. The maximum Gasteiger partial charge on any atom is 0.255 e. The van der Waals surface area contributed by atoms with Gasteiger partial charge in [-0.15, -0.1) is 0 Å². The molecule has 0 aliphatic rings. The maximum absolute atomic E-state index is 12.7. The minimum Gasteiger partial charge on any atom is -0.354 e. The van der Waals surface area contributed by atoms with Crippen LogP contribution in [0.2, 0.25) is 0 Å². The van der Waals surface area contributed by atoms with E-state index in [0.717, 1.165) is 16.9 Å². The second-order valence-corrected chi connectivity index (χ2v) is 4.94. The summed E-state index contributed by atoms with van der Waals surface area (Å²) in [7, 11) is 3.50. The van der Waals surface area contributed by atoms with Gasteiger partial charge in [0.2, 0.25) is 0 Å². The van der Waals surface area contributed by atoms with Crippen molar-refractivity contribution in [3.8, 4) is 5.69 Å². The lowest BCUT2D eigenvalue weighted by atomic mass is 10.2. The summed E-state index contributed by atoms with van der Waals surface area (Å²) in [4.78, 5) is 1.56. The summed E-state index contributed by atoms with van der Waals surface area (Å²) < 4.78 is 27.2. The molecule has 0 unspecified atom stereocenters. The second-order valence-electron chi connectivity index (χ2n) is 4.94. The van der Waals surface area contributed by atoms with Crippen molar-refractivity contribution in [3.05, 3.63) is 41.6 Å². The Labute approximate surface area is 123 Å². The Kier molecular flexibility index (Phi) is 4.90. The van der Waals surface area contributed by atoms with E-state index in [9.17, 15) is 8.78 Å². The van der Waals surface area contributed by atoms with Gasteiger partial charge in [-0.25, -0.2) is 13.5 Å². The Morgan fingerprint density at radius 1 is 1.29 bits per heavy atom. The summed E-state index contributed by atoms with van der Waals surface area (Å²) in [6.45, 7) is 2.15. The quantitative estimate of drug-likeness (QED) is 0.889. The monoisotopic (exact) mass is 294 g/mol. The van der Waals surface area contributed by atoms with Gasteiger partial charge >= 0.3 is 0 Å². The second kappa shape index (κ2) is 6.67. The first-order valence-corrected chi connectivity index (χ1v) is 6.82. The Morgan fingerprint density at radius 3 is 2.52 bits per heavy atom. The van der Waals surface area contributed by atoms with Gasteiger partial charge in [0.15, 0.2) is 0 Å². The van der Waals surface area contributed by atoms with Gasteiger partial charge in [-0.2, -0.15) is 5.10 Å². The highest BCUT2D eigenvalue weighted by Crippen LogP contribution is 2.27. The van der Waals surface area contributed by atoms with E-state index in [4.69, 9.17) is 0 Å². The molecular weight excluding hydrogens is 274 g/mol. The van der Waals surface area contributed by atoms with Gasteiger partial charge in [0.05, 0.1) is 17.9 Å². The molecule has 0 saturated heterocycles. The highest BCUT2D eigenvalue weighted by Gasteiger charge is 2.21. The average molecular weight is 294 g/mol. The van der Waals surface area contributed by atoms with Crippen LogP contribution in [0.5, 0.6) is 0 Å². The summed E-state index contributed by atoms with van der Waals surface area (Å²) in [5.74, 6) is 0.702. The molecule has 6 heteroatoms. The highest BCUT2D eigenvalue weighted by atomic mass is 19.3. The largest absolute Gasteiger partial charge is 0.354 e. The summed E-state index contributed by atoms with van der Waals surface area (Å²) in [5.41, 5.74) is 2.63. The van der Waals surface area contributed by atoms with E-state index < -0.39 is 6.43 Å². The molecule has 1 heterocycles. The molecule has 1 N–H and O–H groups in total. The van der Waals surface area contributed by atoms with Crippen LogP contribution in [0.25, 0.3) is 5.69 Å². The minimum atomic E-state index is -2.39. The van der Waals surface area contributed by atoms with Gasteiger partial charge in [0, 0.05) is 19.2 Å². The normalized spacial score (nSPS) is 11.1. The van der Waals surface area contributed by atoms with Crippen molar-refractivity contribution < 1.29 is 8.78 Å². The predicted octanol–water partition coefficient (Wildman–Crippen LogP) is 2.60. The van der Waals surface area contributed by atoms with Crippen molar-refractivity contribution in [2.24, 2.45) is 0 Å². The molecule has 0 amide bonds. The predicted molar refractivity (Wildman–Crippen MR) is 80.3 cm³/mol. The molecule has 1 aromatic carbocycles. The number of rotatable bonds is 6. The topological polar surface area (TPSA) is 33.1 Å². The van der Waals surface area contributed by atoms with E-state index >= 15 is 0 Å². The molecule has 21 heavy (non-hydrogen) atoms. The third kappa shape index (κ3) is 3.39. The third-order valence-corrected chi connectivity index (χ3v) is 3.29. The molecule has 0 aliphatic carbocycles. The van der Waals surface area contributed by atoms with E-state index in [1.807, 2.05) is 44.3 Å². The smallest absolute Gasteiger partial charge is 0.255 e. The molecule has 4 nitrogen and oxygen atoms in total. The summed E-state index contributed by atoms with van der Waals surface area (Å²) in [6.07, 6.45) is -2.39. The van der Waals surface area contributed by atoms with Gasteiger partial charge in [-0.1, -0.05) is 18.2 Å². The van der Waals surface area contributed by atoms with Gasteiger partial charge in [-0.05, 0) is 26.1 Å². The third-order valence-electron chi connectivity index (χ3n) is 3.29. The van der Waals surface area contributed by atoms with E-state index in [1.54, 1.807) is 16.6 Å². The van der Waals surface area contributed by atoms with Crippen LogP contribution < -0.4 is 10.2 Å². The molecule has 0 aliphatic heterocycles. The fourth-order valence-electron chi connectivity index (χ4n) is 2.37. The number of halogens is 2. The van der Waals surface area contributed by atoms with E-state index in [0.29, 0.717) is 12.4 Å². The van der Waals surface area contributed by atoms with Gasteiger partial charge in [-0.3, -0.25) is 0 Å². The zero-order valence-corrected chi connectivity index (χ0v) is 12.5.